The number of rotatable bonds is 8. The Balaban J connectivity index is 3.37. The fourth-order valence-electron chi connectivity index (χ4n) is 1.000. The summed E-state index contributed by atoms with van der Waals surface area (Å²) in [6.45, 7) is 2.14. The highest BCUT2D eigenvalue weighted by atomic mass is 35.5. The van der Waals surface area contributed by atoms with Gasteiger partial charge in [-0.25, -0.2) is 0 Å². The van der Waals surface area contributed by atoms with E-state index in [2.05, 4.69) is 0 Å². The van der Waals surface area contributed by atoms with Gasteiger partial charge in [0, 0.05) is 12.8 Å². The van der Waals surface area contributed by atoms with E-state index in [-0.39, 0.29) is 25.0 Å². The Morgan fingerprint density at radius 1 is 1.06 bits per heavy atom. The van der Waals surface area contributed by atoms with Crippen LogP contribution in [-0.2, 0) is 19.1 Å². The molecule has 0 unspecified atom stereocenters. The number of ether oxygens (including phenoxy) is 2. The lowest BCUT2D eigenvalue weighted by Crippen LogP contribution is -2.10. The molecule has 0 amide bonds. The molecule has 0 aromatic rings. The third kappa shape index (κ3) is 10.1. The van der Waals surface area contributed by atoms with E-state index in [4.69, 9.17) is 32.7 Å². The van der Waals surface area contributed by atoms with Crippen LogP contribution in [0.2, 0.25) is 0 Å². The largest absolute Gasteiger partial charge is 0.466 e. The maximum atomic E-state index is 11.1. The van der Waals surface area contributed by atoms with Crippen LogP contribution in [0.4, 0.5) is 0 Å². The van der Waals surface area contributed by atoms with Crippen molar-refractivity contribution in [1.29, 1.82) is 0 Å². The summed E-state index contributed by atoms with van der Waals surface area (Å²) < 4.78 is 9.48. The standard InChI is InChI=1S/C10H16Cl2O4/c1-2-15-9(13)5-3-4-6-10(14)16-7-8(11)12/h8H,2-7H2,1H3. The highest BCUT2D eigenvalue weighted by Gasteiger charge is 2.07. The monoisotopic (exact) mass is 270 g/mol. The normalized spacial score (nSPS) is 10.2. The Labute approximate surface area is 105 Å². The number of unbranched alkanes of at least 4 members (excludes halogenated alkanes) is 1. The molecule has 0 saturated heterocycles. The number of halogens is 2. The molecule has 4 nitrogen and oxygen atoms in total. The molecule has 0 aromatic heterocycles. The van der Waals surface area contributed by atoms with Crippen molar-refractivity contribution in [3.8, 4) is 0 Å². The lowest BCUT2D eigenvalue weighted by molar-refractivity contribution is -0.145. The van der Waals surface area contributed by atoms with Crippen molar-refractivity contribution in [3.05, 3.63) is 0 Å². The molecule has 6 heteroatoms. The minimum absolute atomic E-state index is 0.000178. The van der Waals surface area contributed by atoms with Crippen molar-refractivity contribution in [1.82, 2.24) is 0 Å². The Morgan fingerprint density at radius 3 is 2.00 bits per heavy atom. The average molecular weight is 271 g/mol. The highest BCUT2D eigenvalue weighted by molar-refractivity contribution is 6.44. The van der Waals surface area contributed by atoms with Gasteiger partial charge in [-0.1, -0.05) is 0 Å². The Morgan fingerprint density at radius 2 is 1.56 bits per heavy atom. The van der Waals surface area contributed by atoms with E-state index in [1.807, 2.05) is 0 Å². The molecule has 0 heterocycles. The van der Waals surface area contributed by atoms with Crippen LogP contribution in [0.3, 0.4) is 0 Å². The zero-order chi connectivity index (χ0) is 12.4. The lowest BCUT2D eigenvalue weighted by Gasteiger charge is -2.04. The second-order valence-electron chi connectivity index (χ2n) is 3.09. The van der Waals surface area contributed by atoms with E-state index < -0.39 is 4.84 Å². The van der Waals surface area contributed by atoms with E-state index in [0.717, 1.165) is 0 Å². The first-order chi connectivity index (χ1) is 7.56. The van der Waals surface area contributed by atoms with Gasteiger partial charge in [-0.15, -0.1) is 23.2 Å². The quantitative estimate of drug-likeness (QED) is 0.386. The molecule has 0 N–H and O–H groups in total. The lowest BCUT2D eigenvalue weighted by atomic mass is 10.2. The number of carbonyl (C=O) groups is 2. The molecule has 0 aliphatic rings. The molecule has 0 spiro atoms. The third-order valence-corrected chi connectivity index (χ3v) is 1.94. The van der Waals surface area contributed by atoms with Gasteiger partial charge in [0.2, 0.25) is 0 Å². The fraction of sp³-hybridized carbons (Fsp3) is 0.800. The van der Waals surface area contributed by atoms with Crippen LogP contribution in [0, 0.1) is 0 Å². The Bertz CT molecular complexity index is 219. The van der Waals surface area contributed by atoms with Gasteiger partial charge in [-0.2, -0.15) is 0 Å². The van der Waals surface area contributed by atoms with Crippen molar-refractivity contribution in [2.45, 2.75) is 37.4 Å². The van der Waals surface area contributed by atoms with Crippen LogP contribution in [-0.4, -0.2) is 30.0 Å². The van der Waals surface area contributed by atoms with E-state index in [0.29, 0.717) is 25.9 Å². The van der Waals surface area contributed by atoms with Crippen LogP contribution in [0.15, 0.2) is 0 Å². The van der Waals surface area contributed by atoms with Crippen LogP contribution < -0.4 is 0 Å². The van der Waals surface area contributed by atoms with Crippen molar-refractivity contribution in [2.75, 3.05) is 13.2 Å². The molecule has 0 aromatic carbocycles. The predicted molar refractivity (Wildman–Crippen MR) is 61.6 cm³/mol. The summed E-state index contributed by atoms with van der Waals surface area (Å²) in [5.41, 5.74) is 0. The van der Waals surface area contributed by atoms with Crippen LogP contribution in [0.25, 0.3) is 0 Å². The minimum atomic E-state index is -0.691. The molecule has 16 heavy (non-hydrogen) atoms. The summed E-state index contributed by atoms with van der Waals surface area (Å²) in [5.74, 6) is -0.590. The van der Waals surface area contributed by atoms with Crippen molar-refractivity contribution < 1.29 is 19.1 Å². The summed E-state index contributed by atoms with van der Waals surface area (Å²) in [7, 11) is 0. The second-order valence-corrected chi connectivity index (χ2v) is 4.36. The smallest absolute Gasteiger partial charge is 0.305 e. The molecule has 0 rings (SSSR count). The number of carbonyl (C=O) groups excluding carboxylic acids is 2. The van der Waals surface area contributed by atoms with Gasteiger partial charge >= 0.3 is 11.9 Å². The van der Waals surface area contributed by atoms with E-state index in [9.17, 15) is 9.59 Å². The first-order valence-corrected chi connectivity index (χ1v) is 6.03. The minimum Gasteiger partial charge on any atom is -0.466 e. The zero-order valence-corrected chi connectivity index (χ0v) is 10.7. The fourth-order valence-corrected chi connectivity index (χ4v) is 1.13. The topological polar surface area (TPSA) is 52.6 Å². The van der Waals surface area contributed by atoms with Gasteiger partial charge in [0.15, 0.2) is 0 Å². The number of hydrogen-bond acceptors (Lipinski definition) is 4. The van der Waals surface area contributed by atoms with E-state index in [1.165, 1.54) is 0 Å². The summed E-state index contributed by atoms with van der Waals surface area (Å²) in [6.07, 6.45) is 1.79. The molecule has 0 fully saturated rings. The predicted octanol–water partition coefficient (Wildman–Crippen LogP) is 2.46. The number of esters is 2. The summed E-state index contributed by atoms with van der Waals surface area (Å²) in [5, 5.41) is 0. The summed E-state index contributed by atoms with van der Waals surface area (Å²) in [4.78, 5) is 21.3. The molecule has 0 radical (unpaired) electrons. The molecule has 0 aliphatic heterocycles. The van der Waals surface area contributed by atoms with Gasteiger partial charge < -0.3 is 9.47 Å². The van der Waals surface area contributed by atoms with E-state index >= 15 is 0 Å². The average Bonchev–Trinajstić information content (AvgIpc) is 2.22. The summed E-state index contributed by atoms with van der Waals surface area (Å²) in [6, 6.07) is 0. The van der Waals surface area contributed by atoms with Gasteiger partial charge in [0.25, 0.3) is 0 Å². The zero-order valence-electron chi connectivity index (χ0n) is 9.21. The molecule has 94 valence electrons. The van der Waals surface area contributed by atoms with Crippen molar-refractivity contribution in [2.24, 2.45) is 0 Å². The van der Waals surface area contributed by atoms with Crippen LogP contribution >= 0.6 is 23.2 Å². The second kappa shape index (κ2) is 9.73. The molecule has 0 atom stereocenters. The maximum absolute atomic E-state index is 11.1. The first-order valence-electron chi connectivity index (χ1n) is 5.15. The molecule has 0 bridgehead atoms. The number of hydrogen-bond donors (Lipinski definition) is 0. The van der Waals surface area contributed by atoms with Crippen molar-refractivity contribution >= 4 is 35.1 Å². The highest BCUT2D eigenvalue weighted by Crippen LogP contribution is 2.05. The van der Waals surface area contributed by atoms with Crippen LogP contribution in [0.5, 0.6) is 0 Å². The first kappa shape index (κ1) is 15.5. The number of alkyl halides is 2. The third-order valence-electron chi connectivity index (χ3n) is 1.69. The van der Waals surface area contributed by atoms with E-state index in [1.54, 1.807) is 6.92 Å². The van der Waals surface area contributed by atoms with Crippen molar-refractivity contribution in [3.63, 3.8) is 0 Å². The molecular formula is C10H16Cl2O4. The molecular weight excluding hydrogens is 255 g/mol. The van der Waals surface area contributed by atoms with Gasteiger partial charge in [-0.05, 0) is 19.8 Å². The molecule has 0 saturated carbocycles. The Kier molecular flexibility index (Phi) is 9.43. The van der Waals surface area contributed by atoms with Gasteiger partial charge in [0.05, 0.1) is 6.61 Å². The molecule has 0 aliphatic carbocycles. The maximum Gasteiger partial charge on any atom is 0.305 e. The van der Waals surface area contributed by atoms with Crippen LogP contribution in [0.1, 0.15) is 32.6 Å². The summed E-state index contributed by atoms with van der Waals surface area (Å²) >= 11 is 10.8. The van der Waals surface area contributed by atoms with Gasteiger partial charge in [0.1, 0.15) is 11.4 Å². The SMILES string of the molecule is CCOC(=O)CCCCC(=O)OCC(Cl)Cl. The van der Waals surface area contributed by atoms with Gasteiger partial charge in [-0.3, -0.25) is 9.59 Å². The Hall–Kier alpha value is -0.480.